The highest BCUT2D eigenvalue weighted by atomic mass is 16.1. The normalized spacial score (nSPS) is 9.33. The SMILES string of the molecule is Nc1ncccn1.O=C(c1ccccc1)c1ccccc1. The van der Waals surface area contributed by atoms with Gasteiger partial charge in [-0.05, 0) is 6.07 Å². The van der Waals surface area contributed by atoms with Crippen LogP contribution in [0.25, 0.3) is 0 Å². The highest BCUT2D eigenvalue weighted by Crippen LogP contribution is 2.08. The van der Waals surface area contributed by atoms with Crippen LogP contribution in [0.2, 0.25) is 0 Å². The van der Waals surface area contributed by atoms with Crippen LogP contribution in [0.15, 0.2) is 79.1 Å². The van der Waals surface area contributed by atoms with Crippen LogP contribution in [0, 0.1) is 0 Å². The zero-order valence-corrected chi connectivity index (χ0v) is 11.4. The molecule has 0 spiro atoms. The van der Waals surface area contributed by atoms with Gasteiger partial charge in [-0.1, -0.05) is 60.7 Å². The molecule has 0 aliphatic heterocycles. The van der Waals surface area contributed by atoms with Gasteiger partial charge in [0.1, 0.15) is 0 Å². The monoisotopic (exact) mass is 277 g/mol. The Morgan fingerprint density at radius 3 is 1.48 bits per heavy atom. The molecule has 2 aromatic carbocycles. The first kappa shape index (κ1) is 14.4. The van der Waals surface area contributed by atoms with Gasteiger partial charge in [0, 0.05) is 23.5 Å². The minimum Gasteiger partial charge on any atom is -0.368 e. The Balaban J connectivity index is 0.000000194. The van der Waals surface area contributed by atoms with Gasteiger partial charge < -0.3 is 5.73 Å². The van der Waals surface area contributed by atoms with Gasteiger partial charge in [-0.25, -0.2) is 9.97 Å². The molecule has 1 heterocycles. The number of anilines is 1. The smallest absolute Gasteiger partial charge is 0.219 e. The van der Waals surface area contributed by atoms with Gasteiger partial charge in [0.25, 0.3) is 0 Å². The van der Waals surface area contributed by atoms with Crippen molar-refractivity contribution >= 4 is 11.7 Å². The number of carbonyl (C=O) groups is 1. The number of nitrogens with zero attached hydrogens (tertiary/aromatic N) is 2. The van der Waals surface area contributed by atoms with Gasteiger partial charge in [0.05, 0.1) is 0 Å². The van der Waals surface area contributed by atoms with Crippen LogP contribution >= 0.6 is 0 Å². The number of carbonyl (C=O) groups excluding carboxylic acids is 1. The molecule has 0 unspecified atom stereocenters. The van der Waals surface area contributed by atoms with E-state index in [0.29, 0.717) is 5.95 Å². The second-order valence-electron chi connectivity index (χ2n) is 4.17. The van der Waals surface area contributed by atoms with E-state index in [0.717, 1.165) is 11.1 Å². The molecule has 0 aliphatic carbocycles. The van der Waals surface area contributed by atoms with Gasteiger partial charge in [0.2, 0.25) is 5.95 Å². The van der Waals surface area contributed by atoms with Crippen molar-refractivity contribution in [1.82, 2.24) is 9.97 Å². The molecule has 1 aromatic heterocycles. The largest absolute Gasteiger partial charge is 0.368 e. The third kappa shape index (κ3) is 4.54. The third-order valence-corrected chi connectivity index (χ3v) is 2.66. The van der Waals surface area contributed by atoms with Crippen molar-refractivity contribution in [3.8, 4) is 0 Å². The fourth-order valence-electron chi connectivity index (χ4n) is 1.66. The topological polar surface area (TPSA) is 68.9 Å². The Bertz CT molecular complexity index is 629. The van der Waals surface area contributed by atoms with E-state index in [2.05, 4.69) is 9.97 Å². The lowest BCUT2D eigenvalue weighted by Crippen LogP contribution is -1.99. The maximum atomic E-state index is 11.8. The van der Waals surface area contributed by atoms with Crippen LogP contribution in [0.3, 0.4) is 0 Å². The molecule has 0 atom stereocenters. The van der Waals surface area contributed by atoms with E-state index in [-0.39, 0.29) is 5.78 Å². The Hall–Kier alpha value is -3.01. The highest BCUT2D eigenvalue weighted by molar-refractivity contribution is 6.08. The van der Waals surface area contributed by atoms with Crippen LogP contribution in [-0.4, -0.2) is 15.8 Å². The first-order valence-electron chi connectivity index (χ1n) is 6.44. The minimum absolute atomic E-state index is 0.0752. The van der Waals surface area contributed by atoms with Crippen LogP contribution < -0.4 is 5.73 Å². The summed E-state index contributed by atoms with van der Waals surface area (Å²) in [7, 11) is 0. The zero-order valence-electron chi connectivity index (χ0n) is 11.4. The summed E-state index contributed by atoms with van der Waals surface area (Å²) >= 11 is 0. The van der Waals surface area contributed by atoms with E-state index in [4.69, 9.17) is 5.73 Å². The maximum Gasteiger partial charge on any atom is 0.219 e. The first-order valence-corrected chi connectivity index (χ1v) is 6.44. The summed E-state index contributed by atoms with van der Waals surface area (Å²) in [6.45, 7) is 0. The average molecular weight is 277 g/mol. The summed E-state index contributed by atoms with van der Waals surface area (Å²) in [5.41, 5.74) is 6.61. The van der Waals surface area contributed by atoms with Gasteiger partial charge >= 0.3 is 0 Å². The molecule has 3 rings (SSSR count). The third-order valence-electron chi connectivity index (χ3n) is 2.66. The number of benzene rings is 2. The predicted molar refractivity (Wildman–Crippen MR) is 82.8 cm³/mol. The minimum atomic E-state index is 0.0752. The molecule has 4 heteroatoms. The molecular weight excluding hydrogens is 262 g/mol. The lowest BCUT2D eigenvalue weighted by molar-refractivity contribution is 0.103. The fourth-order valence-corrected chi connectivity index (χ4v) is 1.66. The Labute approximate surface area is 123 Å². The molecule has 104 valence electrons. The first-order chi connectivity index (χ1) is 10.3. The van der Waals surface area contributed by atoms with Crippen molar-refractivity contribution < 1.29 is 4.79 Å². The van der Waals surface area contributed by atoms with Crippen LogP contribution in [0.5, 0.6) is 0 Å². The number of rotatable bonds is 2. The molecule has 0 fully saturated rings. The molecule has 4 nitrogen and oxygen atoms in total. The molecule has 0 saturated heterocycles. The van der Waals surface area contributed by atoms with Crippen molar-refractivity contribution in [2.24, 2.45) is 0 Å². The molecule has 2 N–H and O–H groups in total. The van der Waals surface area contributed by atoms with E-state index < -0.39 is 0 Å². The van der Waals surface area contributed by atoms with Gasteiger partial charge in [-0.2, -0.15) is 0 Å². The van der Waals surface area contributed by atoms with Crippen molar-refractivity contribution in [3.63, 3.8) is 0 Å². The summed E-state index contributed by atoms with van der Waals surface area (Å²) in [6.07, 6.45) is 3.20. The van der Waals surface area contributed by atoms with Crippen molar-refractivity contribution in [1.29, 1.82) is 0 Å². The van der Waals surface area contributed by atoms with Crippen LogP contribution in [0.1, 0.15) is 15.9 Å². The lowest BCUT2D eigenvalue weighted by Gasteiger charge is -1.99. The Kier molecular flexibility index (Phi) is 5.18. The quantitative estimate of drug-likeness (QED) is 0.731. The summed E-state index contributed by atoms with van der Waals surface area (Å²) in [4.78, 5) is 19.1. The molecule has 0 bridgehead atoms. The molecule has 0 radical (unpaired) electrons. The summed E-state index contributed by atoms with van der Waals surface area (Å²) in [5.74, 6) is 0.397. The molecule has 3 aromatic rings. The lowest BCUT2D eigenvalue weighted by atomic mass is 10.0. The van der Waals surface area contributed by atoms with E-state index in [9.17, 15) is 4.79 Å². The summed E-state index contributed by atoms with van der Waals surface area (Å²) < 4.78 is 0. The highest BCUT2D eigenvalue weighted by Gasteiger charge is 2.06. The van der Waals surface area contributed by atoms with Crippen molar-refractivity contribution in [2.75, 3.05) is 5.73 Å². The number of nitrogens with two attached hydrogens (primary N) is 1. The zero-order chi connectivity index (χ0) is 14.9. The number of hydrogen-bond acceptors (Lipinski definition) is 4. The summed E-state index contributed by atoms with van der Waals surface area (Å²) in [5, 5.41) is 0. The standard InChI is InChI=1S/C13H10O.C4H5N3/c14-13(11-7-3-1-4-8-11)12-9-5-2-6-10-12;5-4-6-2-1-3-7-4/h1-10H;1-3H,(H2,5,6,7). The predicted octanol–water partition coefficient (Wildman–Crippen LogP) is 2.98. The second-order valence-corrected chi connectivity index (χ2v) is 4.17. The van der Waals surface area contributed by atoms with E-state index in [1.165, 1.54) is 0 Å². The van der Waals surface area contributed by atoms with E-state index in [1.54, 1.807) is 18.5 Å². The number of ketones is 1. The average Bonchev–Trinajstić information content (AvgIpc) is 2.57. The Morgan fingerprint density at radius 1 is 0.714 bits per heavy atom. The number of nitrogen functional groups attached to an aromatic ring is 1. The van der Waals surface area contributed by atoms with Crippen LogP contribution in [0.4, 0.5) is 5.95 Å². The molecule has 0 aliphatic rings. The molecule has 0 amide bonds. The summed E-state index contributed by atoms with van der Waals surface area (Å²) in [6, 6.07) is 20.3. The molecule has 0 saturated carbocycles. The number of aromatic nitrogens is 2. The van der Waals surface area contributed by atoms with Crippen molar-refractivity contribution in [2.45, 2.75) is 0 Å². The van der Waals surface area contributed by atoms with E-state index >= 15 is 0 Å². The maximum absolute atomic E-state index is 11.8. The second kappa shape index (κ2) is 7.55. The van der Waals surface area contributed by atoms with E-state index in [1.807, 2.05) is 60.7 Å². The fraction of sp³-hybridized carbons (Fsp3) is 0. The number of hydrogen-bond donors (Lipinski definition) is 1. The van der Waals surface area contributed by atoms with Crippen LogP contribution in [-0.2, 0) is 0 Å². The van der Waals surface area contributed by atoms with Gasteiger partial charge in [-0.3, -0.25) is 4.79 Å². The molecule has 21 heavy (non-hydrogen) atoms. The van der Waals surface area contributed by atoms with Crippen molar-refractivity contribution in [3.05, 3.63) is 90.3 Å². The van der Waals surface area contributed by atoms with Gasteiger partial charge in [0.15, 0.2) is 5.78 Å². The molecular formula is C17H15N3O. The van der Waals surface area contributed by atoms with Gasteiger partial charge in [-0.15, -0.1) is 0 Å². The Morgan fingerprint density at radius 2 is 1.14 bits per heavy atom.